The Labute approximate surface area is 218 Å². The molecule has 1 N–H and O–H groups in total. The summed E-state index contributed by atoms with van der Waals surface area (Å²) < 4.78 is 7.77. The maximum absolute atomic E-state index is 13.4. The second-order valence-corrected chi connectivity index (χ2v) is 10.1. The number of carbonyl (C=O) groups is 2. The van der Waals surface area contributed by atoms with E-state index in [0.29, 0.717) is 18.7 Å². The Balaban J connectivity index is 1.26. The highest BCUT2D eigenvalue weighted by atomic mass is 32.2. The van der Waals surface area contributed by atoms with E-state index in [2.05, 4.69) is 39.3 Å². The molecule has 0 aliphatic carbocycles. The number of amides is 2. The number of benzene rings is 3. The van der Waals surface area contributed by atoms with Gasteiger partial charge >= 0.3 is 5.91 Å². The fourth-order valence-corrected chi connectivity index (χ4v) is 5.67. The molecule has 0 radical (unpaired) electrons. The van der Waals surface area contributed by atoms with Gasteiger partial charge in [-0.05, 0) is 23.8 Å². The number of para-hydroxylation sites is 1. The predicted molar refractivity (Wildman–Crippen MR) is 143 cm³/mol. The first-order valence-electron chi connectivity index (χ1n) is 12.0. The lowest BCUT2D eigenvalue weighted by Crippen LogP contribution is -2.48. The summed E-state index contributed by atoms with van der Waals surface area (Å²) in [5.74, 6) is -0.180. The molecule has 0 spiro atoms. The first-order chi connectivity index (χ1) is 18.1. The molecule has 0 unspecified atom stereocenters. The third-order valence-electron chi connectivity index (χ3n) is 6.46. The molecule has 6 rings (SSSR count). The largest absolute Gasteiger partial charge is 0.437 e. The second-order valence-electron chi connectivity index (χ2n) is 8.95. The van der Waals surface area contributed by atoms with Crippen LogP contribution in [0.2, 0.25) is 0 Å². The van der Waals surface area contributed by atoms with Gasteiger partial charge in [0.2, 0.25) is 0 Å². The maximum Gasteiger partial charge on any atom is 0.307 e. The average Bonchev–Trinajstić information content (AvgIpc) is 3.51. The highest BCUT2D eigenvalue weighted by Gasteiger charge is 2.32. The van der Waals surface area contributed by atoms with Gasteiger partial charge < -0.3 is 19.2 Å². The third-order valence-corrected chi connectivity index (χ3v) is 7.51. The van der Waals surface area contributed by atoms with E-state index >= 15 is 0 Å². The Bertz CT molecular complexity index is 1590. The molecule has 8 heteroatoms. The molecule has 3 aromatic carbocycles. The first-order valence-corrected chi connectivity index (χ1v) is 12.8. The number of anilines is 1. The van der Waals surface area contributed by atoms with Crippen molar-refractivity contribution in [3.63, 3.8) is 0 Å². The number of hydrogen-bond donors (Lipinski definition) is 1. The minimum atomic E-state index is -0.778. The molecule has 1 atom stereocenters. The number of carbonyl (C=O) groups excluding carboxylic acids is 2. The summed E-state index contributed by atoms with van der Waals surface area (Å²) in [5, 5.41) is 3.92. The molecule has 1 aliphatic rings. The minimum Gasteiger partial charge on any atom is -0.437 e. The van der Waals surface area contributed by atoms with E-state index in [1.54, 1.807) is 29.9 Å². The van der Waals surface area contributed by atoms with E-state index in [1.165, 1.54) is 0 Å². The minimum absolute atomic E-state index is 0.0545. The topological polar surface area (TPSA) is 80.4 Å². The van der Waals surface area contributed by atoms with Gasteiger partial charge in [-0.2, -0.15) is 0 Å². The Hall–Kier alpha value is -4.30. The summed E-state index contributed by atoms with van der Waals surface area (Å²) in [6.07, 6.45) is 4.15. The van der Waals surface area contributed by atoms with Crippen molar-refractivity contribution in [3.05, 3.63) is 108 Å². The fourth-order valence-electron chi connectivity index (χ4n) is 4.66. The van der Waals surface area contributed by atoms with Crippen LogP contribution in [-0.2, 0) is 17.8 Å². The van der Waals surface area contributed by atoms with Gasteiger partial charge in [0.25, 0.3) is 11.8 Å². The summed E-state index contributed by atoms with van der Waals surface area (Å²) in [4.78, 5) is 34.4. The molecule has 37 heavy (non-hydrogen) atoms. The molecule has 7 nitrogen and oxygen atoms in total. The van der Waals surface area contributed by atoms with Crippen molar-refractivity contribution >= 4 is 40.2 Å². The first kappa shape index (κ1) is 23.1. The summed E-state index contributed by atoms with van der Waals surface area (Å²) >= 11 is 1.68. The summed E-state index contributed by atoms with van der Waals surface area (Å²) in [6, 6.07) is 25.2. The lowest BCUT2D eigenvalue weighted by atomic mass is 10.1. The van der Waals surface area contributed by atoms with Crippen molar-refractivity contribution in [1.82, 2.24) is 14.9 Å². The summed E-state index contributed by atoms with van der Waals surface area (Å²) in [6.45, 7) is 0.301. The molecular weight excluding hydrogens is 484 g/mol. The molecule has 0 fully saturated rings. The Morgan fingerprint density at radius 3 is 2.59 bits per heavy atom. The normalized spacial score (nSPS) is 15.1. The smallest absolute Gasteiger partial charge is 0.307 e. The number of likely N-dealkylation sites (N-methyl/N-ethyl adjacent to an activating group) is 1. The van der Waals surface area contributed by atoms with Crippen LogP contribution in [0.1, 0.15) is 22.0 Å². The summed E-state index contributed by atoms with van der Waals surface area (Å²) in [5.41, 5.74) is 2.83. The maximum atomic E-state index is 13.4. The van der Waals surface area contributed by atoms with Gasteiger partial charge in [0.05, 0.1) is 23.9 Å². The molecule has 184 valence electrons. The van der Waals surface area contributed by atoms with Gasteiger partial charge in [0, 0.05) is 34.8 Å². The Kier molecular flexibility index (Phi) is 6.02. The number of rotatable bonds is 6. The van der Waals surface area contributed by atoms with Crippen LogP contribution in [-0.4, -0.2) is 34.5 Å². The molecule has 5 aromatic rings. The fraction of sp³-hybridized carbons (Fsp3) is 0.138. The number of hydrogen-bond acceptors (Lipinski definition) is 5. The average molecular weight is 509 g/mol. The van der Waals surface area contributed by atoms with Gasteiger partial charge in [-0.25, -0.2) is 4.98 Å². The van der Waals surface area contributed by atoms with Crippen molar-refractivity contribution in [1.29, 1.82) is 0 Å². The van der Waals surface area contributed by atoms with Crippen LogP contribution in [0, 0.1) is 0 Å². The van der Waals surface area contributed by atoms with E-state index < -0.39 is 11.9 Å². The molecule has 2 amide bonds. The van der Waals surface area contributed by atoms with Crippen LogP contribution in [0.4, 0.5) is 5.69 Å². The monoisotopic (exact) mass is 508 g/mol. The molecule has 2 aromatic heterocycles. The number of aromatic nitrogens is 2. The van der Waals surface area contributed by atoms with Gasteiger partial charge in [-0.3, -0.25) is 9.59 Å². The van der Waals surface area contributed by atoms with E-state index in [4.69, 9.17) is 4.42 Å². The Morgan fingerprint density at radius 2 is 1.81 bits per heavy atom. The molecule has 3 heterocycles. The zero-order valence-electron chi connectivity index (χ0n) is 20.1. The Morgan fingerprint density at radius 1 is 1.05 bits per heavy atom. The van der Waals surface area contributed by atoms with E-state index in [1.807, 2.05) is 60.7 Å². The van der Waals surface area contributed by atoms with Crippen molar-refractivity contribution in [3.8, 4) is 0 Å². The molecular formula is C29H24N4O3S. The lowest BCUT2D eigenvalue weighted by Gasteiger charge is -2.21. The van der Waals surface area contributed by atoms with Gasteiger partial charge in [-0.1, -0.05) is 72.4 Å². The number of nitrogens with one attached hydrogen (secondary N) is 1. The van der Waals surface area contributed by atoms with Gasteiger partial charge in [-0.15, -0.1) is 0 Å². The SMILES string of the molecule is CN1C(=O)[C@@H](NC(=O)c2ncc(Cc3ccccc3)o2)Cn2cc(Sc3ccccc3)c3cccc1c32. The number of oxazole rings is 1. The van der Waals surface area contributed by atoms with E-state index in [9.17, 15) is 9.59 Å². The van der Waals surface area contributed by atoms with Crippen LogP contribution in [0.25, 0.3) is 10.9 Å². The molecule has 1 aliphatic heterocycles. The van der Waals surface area contributed by atoms with Crippen LogP contribution in [0.15, 0.2) is 105 Å². The van der Waals surface area contributed by atoms with Gasteiger partial charge in [0.15, 0.2) is 0 Å². The van der Waals surface area contributed by atoms with Crippen molar-refractivity contribution in [2.24, 2.45) is 0 Å². The lowest BCUT2D eigenvalue weighted by molar-refractivity contribution is -0.120. The number of nitrogens with zero attached hydrogens (tertiary/aromatic N) is 3. The van der Waals surface area contributed by atoms with Crippen molar-refractivity contribution in [2.45, 2.75) is 28.8 Å². The quantitative estimate of drug-likeness (QED) is 0.343. The van der Waals surface area contributed by atoms with Crippen LogP contribution in [0.5, 0.6) is 0 Å². The highest BCUT2D eigenvalue weighted by molar-refractivity contribution is 7.99. The van der Waals surface area contributed by atoms with Crippen LogP contribution >= 0.6 is 11.8 Å². The van der Waals surface area contributed by atoms with Crippen LogP contribution < -0.4 is 10.2 Å². The van der Waals surface area contributed by atoms with Gasteiger partial charge in [0.1, 0.15) is 11.8 Å². The zero-order chi connectivity index (χ0) is 25.4. The van der Waals surface area contributed by atoms with Crippen molar-refractivity contribution in [2.75, 3.05) is 11.9 Å². The zero-order valence-corrected chi connectivity index (χ0v) is 20.9. The summed E-state index contributed by atoms with van der Waals surface area (Å²) in [7, 11) is 1.74. The standard InChI is InChI=1S/C29H24N4O3S/c1-32-24-14-8-13-22-25(37-21-11-6-3-7-12-21)18-33(26(22)24)17-23(29(32)35)31-27(34)28-30-16-20(36-28)15-19-9-4-2-5-10-19/h2-14,16,18,23H,15,17H2,1H3,(H,31,34)/t23-/m0/s1. The second kappa shape index (κ2) is 9.63. The third kappa shape index (κ3) is 4.51. The van der Waals surface area contributed by atoms with E-state index in [-0.39, 0.29) is 11.8 Å². The van der Waals surface area contributed by atoms with Crippen LogP contribution in [0.3, 0.4) is 0 Å². The molecule has 0 saturated carbocycles. The molecule has 0 bridgehead atoms. The highest BCUT2D eigenvalue weighted by Crippen LogP contribution is 2.39. The predicted octanol–water partition coefficient (Wildman–Crippen LogP) is 5.15. The van der Waals surface area contributed by atoms with E-state index in [0.717, 1.165) is 31.9 Å². The van der Waals surface area contributed by atoms with Crippen molar-refractivity contribution < 1.29 is 14.0 Å². The molecule has 0 saturated heterocycles.